The van der Waals surface area contributed by atoms with E-state index in [1.165, 1.54) is 0 Å². The molecule has 3 heteroatoms. The van der Waals surface area contributed by atoms with Gasteiger partial charge < -0.3 is 15.5 Å². The number of nitrogens with one attached hydrogen (secondary N) is 1. The Kier molecular flexibility index (Phi) is 2.33. The molecular weight excluding hydrogens is 178 g/mol. The second-order valence-electron chi connectivity index (χ2n) is 3.89. The summed E-state index contributed by atoms with van der Waals surface area (Å²) in [5.41, 5.74) is 2.00. The molecule has 0 saturated heterocycles. The molecule has 1 aliphatic carbocycles. The molecule has 0 heterocycles. The van der Waals surface area contributed by atoms with Crippen molar-refractivity contribution in [3.8, 4) is 5.75 Å². The van der Waals surface area contributed by atoms with Crippen LogP contribution < -0.4 is 5.32 Å². The number of hydrogen-bond donors (Lipinski definition) is 3. The normalized spacial score (nSPS) is 25.6. The first-order chi connectivity index (χ1) is 6.66. The first kappa shape index (κ1) is 9.34. The third kappa shape index (κ3) is 1.68. The number of anilines is 1. The fourth-order valence-corrected chi connectivity index (χ4v) is 1.66. The van der Waals surface area contributed by atoms with Gasteiger partial charge in [-0.3, -0.25) is 0 Å². The van der Waals surface area contributed by atoms with Gasteiger partial charge in [0.2, 0.25) is 0 Å². The number of aromatic hydroxyl groups is 1. The van der Waals surface area contributed by atoms with Crippen LogP contribution in [0.1, 0.15) is 18.4 Å². The summed E-state index contributed by atoms with van der Waals surface area (Å²) in [5, 5.41) is 21.9. The van der Waals surface area contributed by atoms with Gasteiger partial charge in [0.15, 0.2) is 0 Å². The van der Waals surface area contributed by atoms with Crippen LogP contribution in [0.5, 0.6) is 5.75 Å². The van der Waals surface area contributed by atoms with Gasteiger partial charge in [0.05, 0.1) is 12.1 Å². The highest BCUT2D eigenvalue weighted by Crippen LogP contribution is 2.27. The fourth-order valence-electron chi connectivity index (χ4n) is 1.66. The molecule has 3 N–H and O–H groups in total. The zero-order valence-corrected chi connectivity index (χ0v) is 8.20. The molecular formula is C11H15NO2. The SMILES string of the molecule is Cc1cc(O)ccc1N[C@@H]1CC[C@H]1O. The monoisotopic (exact) mass is 193 g/mol. The molecule has 1 fully saturated rings. The van der Waals surface area contributed by atoms with Crippen LogP contribution >= 0.6 is 0 Å². The number of aliphatic hydroxyl groups is 1. The van der Waals surface area contributed by atoms with E-state index in [0.29, 0.717) is 0 Å². The minimum Gasteiger partial charge on any atom is -0.508 e. The lowest BCUT2D eigenvalue weighted by Gasteiger charge is -2.34. The zero-order chi connectivity index (χ0) is 10.1. The summed E-state index contributed by atoms with van der Waals surface area (Å²) in [6, 6.07) is 5.39. The number of phenols is 1. The largest absolute Gasteiger partial charge is 0.508 e. The number of rotatable bonds is 2. The zero-order valence-electron chi connectivity index (χ0n) is 8.20. The predicted molar refractivity (Wildman–Crippen MR) is 55.5 cm³/mol. The van der Waals surface area contributed by atoms with Crippen molar-refractivity contribution >= 4 is 5.69 Å². The molecule has 0 spiro atoms. The molecule has 0 amide bonds. The summed E-state index contributed by atoms with van der Waals surface area (Å²) in [6.45, 7) is 1.94. The van der Waals surface area contributed by atoms with E-state index in [1.807, 2.05) is 13.0 Å². The molecule has 1 aromatic carbocycles. The first-order valence-corrected chi connectivity index (χ1v) is 4.91. The van der Waals surface area contributed by atoms with Crippen molar-refractivity contribution in [3.63, 3.8) is 0 Å². The standard InChI is InChI=1S/C11H15NO2/c1-7-6-8(13)2-3-9(7)12-10-4-5-11(10)14/h2-3,6,10-14H,4-5H2,1H3/t10-,11-/m1/s1. The van der Waals surface area contributed by atoms with E-state index < -0.39 is 0 Å². The van der Waals surface area contributed by atoms with Crippen molar-refractivity contribution in [2.24, 2.45) is 0 Å². The van der Waals surface area contributed by atoms with Gasteiger partial charge in [-0.25, -0.2) is 0 Å². The number of phenolic OH excluding ortho intramolecular Hbond substituents is 1. The van der Waals surface area contributed by atoms with Crippen LogP contribution in [0.4, 0.5) is 5.69 Å². The van der Waals surface area contributed by atoms with Crippen LogP contribution in [0.15, 0.2) is 18.2 Å². The average Bonchev–Trinajstić information content (AvgIpc) is 2.14. The van der Waals surface area contributed by atoms with Crippen LogP contribution in [0.2, 0.25) is 0 Å². The Hall–Kier alpha value is -1.22. The van der Waals surface area contributed by atoms with Crippen LogP contribution in [-0.2, 0) is 0 Å². The average molecular weight is 193 g/mol. The van der Waals surface area contributed by atoms with Gasteiger partial charge in [0.25, 0.3) is 0 Å². The summed E-state index contributed by atoms with van der Waals surface area (Å²) in [7, 11) is 0. The van der Waals surface area contributed by atoms with E-state index in [-0.39, 0.29) is 17.9 Å². The smallest absolute Gasteiger partial charge is 0.115 e. The van der Waals surface area contributed by atoms with Gasteiger partial charge in [-0.2, -0.15) is 0 Å². The Morgan fingerprint density at radius 3 is 2.64 bits per heavy atom. The van der Waals surface area contributed by atoms with Crippen molar-refractivity contribution < 1.29 is 10.2 Å². The maximum Gasteiger partial charge on any atom is 0.115 e. The van der Waals surface area contributed by atoms with E-state index in [4.69, 9.17) is 0 Å². The highest BCUT2D eigenvalue weighted by Gasteiger charge is 2.28. The lowest BCUT2D eigenvalue weighted by atomic mass is 9.89. The Morgan fingerprint density at radius 2 is 2.14 bits per heavy atom. The Morgan fingerprint density at radius 1 is 1.36 bits per heavy atom. The molecule has 0 radical (unpaired) electrons. The topological polar surface area (TPSA) is 52.5 Å². The lowest BCUT2D eigenvalue weighted by molar-refractivity contribution is 0.0786. The van der Waals surface area contributed by atoms with Gasteiger partial charge in [-0.05, 0) is 43.5 Å². The van der Waals surface area contributed by atoms with Crippen LogP contribution in [0, 0.1) is 6.92 Å². The maximum atomic E-state index is 9.40. The molecule has 0 aromatic heterocycles. The van der Waals surface area contributed by atoms with Crippen molar-refractivity contribution in [1.82, 2.24) is 0 Å². The number of aliphatic hydroxyl groups excluding tert-OH is 1. The summed E-state index contributed by atoms with van der Waals surface area (Å²) in [5.74, 6) is 0.280. The molecule has 0 bridgehead atoms. The highest BCUT2D eigenvalue weighted by molar-refractivity contribution is 5.54. The molecule has 1 aromatic rings. The van der Waals surface area contributed by atoms with Crippen LogP contribution in [-0.4, -0.2) is 22.4 Å². The third-order valence-electron chi connectivity index (χ3n) is 2.79. The molecule has 1 saturated carbocycles. The molecule has 14 heavy (non-hydrogen) atoms. The summed E-state index contributed by atoms with van der Waals surface area (Å²) < 4.78 is 0. The van der Waals surface area contributed by atoms with E-state index in [2.05, 4.69) is 5.32 Å². The minimum atomic E-state index is -0.219. The van der Waals surface area contributed by atoms with Crippen molar-refractivity contribution in [3.05, 3.63) is 23.8 Å². The summed E-state index contributed by atoms with van der Waals surface area (Å²) in [6.07, 6.45) is 1.68. The summed E-state index contributed by atoms with van der Waals surface area (Å²) >= 11 is 0. The fraction of sp³-hybridized carbons (Fsp3) is 0.455. The second-order valence-corrected chi connectivity index (χ2v) is 3.89. The summed E-state index contributed by atoms with van der Waals surface area (Å²) in [4.78, 5) is 0. The van der Waals surface area contributed by atoms with Crippen molar-refractivity contribution in [2.75, 3.05) is 5.32 Å². The first-order valence-electron chi connectivity index (χ1n) is 4.91. The predicted octanol–water partition coefficient (Wildman–Crippen LogP) is 1.64. The molecule has 76 valence electrons. The van der Waals surface area contributed by atoms with Crippen molar-refractivity contribution in [2.45, 2.75) is 31.9 Å². The van der Waals surface area contributed by atoms with Crippen LogP contribution in [0.3, 0.4) is 0 Å². The molecule has 1 aliphatic rings. The third-order valence-corrected chi connectivity index (χ3v) is 2.79. The Balaban J connectivity index is 2.09. The van der Waals surface area contributed by atoms with E-state index >= 15 is 0 Å². The molecule has 0 aliphatic heterocycles. The van der Waals surface area contributed by atoms with Gasteiger partial charge in [-0.1, -0.05) is 0 Å². The Labute approximate surface area is 83.4 Å². The van der Waals surface area contributed by atoms with Gasteiger partial charge in [0, 0.05) is 5.69 Å². The Bertz CT molecular complexity index is 338. The second kappa shape index (κ2) is 3.50. The van der Waals surface area contributed by atoms with E-state index in [1.54, 1.807) is 12.1 Å². The molecule has 2 atom stereocenters. The van der Waals surface area contributed by atoms with Crippen LogP contribution in [0.25, 0.3) is 0 Å². The highest BCUT2D eigenvalue weighted by atomic mass is 16.3. The molecule has 0 unspecified atom stereocenters. The minimum absolute atomic E-state index is 0.179. The van der Waals surface area contributed by atoms with E-state index in [0.717, 1.165) is 24.1 Å². The molecule has 2 rings (SSSR count). The maximum absolute atomic E-state index is 9.40. The quantitative estimate of drug-likeness (QED) is 0.626. The molecule has 3 nitrogen and oxygen atoms in total. The van der Waals surface area contributed by atoms with E-state index in [9.17, 15) is 10.2 Å². The van der Waals surface area contributed by atoms with Gasteiger partial charge >= 0.3 is 0 Å². The number of benzene rings is 1. The number of aryl methyl sites for hydroxylation is 1. The lowest BCUT2D eigenvalue weighted by Crippen LogP contribution is -2.42. The number of hydrogen-bond acceptors (Lipinski definition) is 3. The van der Waals surface area contributed by atoms with Crippen molar-refractivity contribution in [1.29, 1.82) is 0 Å². The van der Waals surface area contributed by atoms with Gasteiger partial charge in [0.1, 0.15) is 5.75 Å². The van der Waals surface area contributed by atoms with Gasteiger partial charge in [-0.15, -0.1) is 0 Å².